The van der Waals surface area contributed by atoms with E-state index in [2.05, 4.69) is 33.5 Å². The van der Waals surface area contributed by atoms with Gasteiger partial charge in [-0.25, -0.2) is 0 Å². The van der Waals surface area contributed by atoms with Gasteiger partial charge in [0.2, 0.25) is 0 Å². The topological polar surface area (TPSA) is 43.4 Å². The fourth-order valence-corrected chi connectivity index (χ4v) is 7.82. The third-order valence-corrected chi connectivity index (χ3v) is 9.49. The molecule has 0 radical (unpaired) electrons. The van der Waals surface area contributed by atoms with Crippen LogP contribution in [-0.4, -0.2) is 26.5 Å². The zero-order valence-corrected chi connectivity index (χ0v) is 18.8. The second-order valence-corrected chi connectivity index (χ2v) is 15.6. The van der Waals surface area contributed by atoms with Crippen molar-refractivity contribution >= 4 is 19.9 Å². The van der Waals surface area contributed by atoms with Crippen molar-refractivity contribution in [3.63, 3.8) is 0 Å². The van der Waals surface area contributed by atoms with Gasteiger partial charge >= 0.3 is 0 Å². The summed E-state index contributed by atoms with van der Waals surface area (Å²) in [6, 6.07) is 0. The summed E-state index contributed by atoms with van der Waals surface area (Å²) < 4.78 is 6.54. The maximum Gasteiger partial charge on any atom is 0.183 e. The van der Waals surface area contributed by atoms with Crippen molar-refractivity contribution in [2.24, 2.45) is 34.5 Å². The van der Waals surface area contributed by atoms with E-state index in [1.807, 2.05) is 6.08 Å². The number of hydrogen-bond donors (Lipinski definition) is 0. The molecule has 0 N–H and O–H groups in total. The van der Waals surface area contributed by atoms with E-state index < -0.39 is 8.32 Å². The lowest BCUT2D eigenvalue weighted by Gasteiger charge is -2.59. The van der Waals surface area contributed by atoms with Crippen LogP contribution >= 0.6 is 0 Å². The van der Waals surface area contributed by atoms with Crippen molar-refractivity contribution in [2.75, 3.05) is 6.61 Å². The second-order valence-electron chi connectivity index (χ2n) is 11.1. The van der Waals surface area contributed by atoms with Crippen molar-refractivity contribution < 1.29 is 14.0 Å². The first-order valence-electron chi connectivity index (χ1n) is 11.0. The molecule has 0 aromatic rings. The van der Waals surface area contributed by atoms with E-state index in [0.717, 1.165) is 45.1 Å². The Kier molecular flexibility index (Phi) is 4.63. The maximum atomic E-state index is 12.7. The van der Waals surface area contributed by atoms with Gasteiger partial charge in [-0.1, -0.05) is 19.4 Å². The molecule has 4 heteroatoms. The lowest BCUT2D eigenvalue weighted by molar-refractivity contribution is -0.134. The largest absolute Gasteiger partial charge is 0.417 e. The van der Waals surface area contributed by atoms with E-state index >= 15 is 0 Å². The van der Waals surface area contributed by atoms with Gasteiger partial charge in [-0.05, 0) is 81.5 Å². The summed E-state index contributed by atoms with van der Waals surface area (Å²) in [4.78, 5) is 25.0. The molecule has 3 nitrogen and oxygen atoms in total. The minimum Gasteiger partial charge on any atom is -0.417 e. The summed E-state index contributed by atoms with van der Waals surface area (Å²) in [6.45, 7) is 12.1. The molecule has 0 bridgehead atoms. The van der Waals surface area contributed by atoms with Crippen molar-refractivity contribution in [1.29, 1.82) is 0 Å². The minimum absolute atomic E-state index is 0.0312. The number of ketones is 2. The van der Waals surface area contributed by atoms with Crippen molar-refractivity contribution in [2.45, 2.75) is 78.4 Å². The molecule has 3 saturated carbocycles. The highest BCUT2D eigenvalue weighted by molar-refractivity contribution is 6.69. The molecule has 0 aromatic carbocycles. The number of fused-ring (bicyclic) bond motifs is 5. The smallest absolute Gasteiger partial charge is 0.183 e. The van der Waals surface area contributed by atoms with Gasteiger partial charge in [0.05, 0.1) is 0 Å². The van der Waals surface area contributed by atoms with E-state index in [0.29, 0.717) is 41.7 Å². The van der Waals surface area contributed by atoms with Crippen LogP contribution in [-0.2, 0) is 14.0 Å². The number of carbonyl (C=O) groups is 2. The Labute approximate surface area is 165 Å². The molecule has 6 atom stereocenters. The molecule has 0 aromatic heterocycles. The molecule has 27 heavy (non-hydrogen) atoms. The molecule has 0 spiro atoms. The van der Waals surface area contributed by atoms with E-state index in [1.165, 1.54) is 5.57 Å². The molecule has 4 rings (SSSR count). The Balaban J connectivity index is 1.74. The van der Waals surface area contributed by atoms with Crippen LogP contribution in [0.1, 0.15) is 58.8 Å². The van der Waals surface area contributed by atoms with Gasteiger partial charge in [-0.3, -0.25) is 9.59 Å². The zero-order chi connectivity index (χ0) is 19.6. The van der Waals surface area contributed by atoms with Gasteiger partial charge < -0.3 is 4.43 Å². The first kappa shape index (κ1) is 19.6. The van der Waals surface area contributed by atoms with Crippen LogP contribution in [0.5, 0.6) is 0 Å². The first-order chi connectivity index (χ1) is 12.6. The fraction of sp³-hybridized carbons (Fsp3) is 0.826. The van der Waals surface area contributed by atoms with E-state index in [4.69, 9.17) is 4.43 Å². The molecule has 0 heterocycles. The van der Waals surface area contributed by atoms with Crippen LogP contribution < -0.4 is 0 Å². The Morgan fingerprint density at radius 1 is 1.11 bits per heavy atom. The van der Waals surface area contributed by atoms with Crippen LogP contribution in [0.4, 0.5) is 0 Å². The highest BCUT2D eigenvalue weighted by atomic mass is 28.4. The molecule has 0 saturated heterocycles. The normalized spacial score (nSPS) is 44.4. The van der Waals surface area contributed by atoms with Gasteiger partial charge in [0.25, 0.3) is 0 Å². The van der Waals surface area contributed by atoms with Gasteiger partial charge in [-0.15, -0.1) is 0 Å². The average molecular weight is 389 g/mol. The highest BCUT2D eigenvalue weighted by Gasteiger charge is 2.61. The lowest BCUT2D eigenvalue weighted by Crippen LogP contribution is -2.55. The third-order valence-electron chi connectivity index (χ3n) is 8.48. The number of carbonyl (C=O) groups excluding carboxylic acids is 2. The Hall–Kier alpha value is -0.743. The van der Waals surface area contributed by atoms with Crippen LogP contribution in [0.25, 0.3) is 0 Å². The van der Waals surface area contributed by atoms with Crippen molar-refractivity contribution in [3.8, 4) is 0 Å². The third kappa shape index (κ3) is 3.02. The summed E-state index contributed by atoms with van der Waals surface area (Å²) in [5.74, 6) is 2.96. The Morgan fingerprint density at radius 3 is 2.56 bits per heavy atom. The Bertz CT molecular complexity index is 690. The second kappa shape index (κ2) is 6.38. The van der Waals surface area contributed by atoms with Crippen LogP contribution in [0, 0.1) is 34.5 Å². The van der Waals surface area contributed by atoms with Gasteiger partial charge in [0.15, 0.2) is 14.1 Å². The molecule has 4 aliphatic carbocycles. The zero-order valence-electron chi connectivity index (χ0n) is 17.8. The van der Waals surface area contributed by atoms with Gasteiger partial charge in [-0.2, -0.15) is 0 Å². The van der Waals surface area contributed by atoms with Gasteiger partial charge in [0, 0.05) is 30.3 Å². The highest BCUT2D eigenvalue weighted by Crippen LogP contribution is 2.65. The van der Waals surface area contributed by atoms with Crippen molar-refractivity contribution in [3.05, 3.63) is 11.6 Å². The monoisotopic (exact) mass is 388 g/mol. The predicted octanol–water partition coefficient (Wildman–Crippen LogP) is 5.17. The van der Waals surface area contributed by atoms with Crippen molar-refractivity contribution in [1.82, 2.24) is 0 Å². The molecular formula is C23H36O3Si. The van der Waals surface area contributed by atoms with E-state index in [9.17, 15) is 9.59 Å². The summed E-state index contributed by atoms with van der Waals surface area (Å²) in [5, 5.41) is 0. The van der Waals surface area contributed by atoms with E-state index in [1.54, 1.807) is 0 Å². The SMILES string of the molecule is CC1C[C@@H]2[C@@H](CC[C@]3(C)C(=O)CC[C@@H]23)[C@@]2(CO[Si](C)(C)C)CCC(=O)C=C12. The van der Waals surface area contributed by atoms with Crippen LogP contribution in [0.3, 0.4) is 0 Å². The molecule has 150 valence electrons. The lowest BCUT2D eigenvalue weighted by atomic mass is 9.45. The molecule has 4 aliphatic rings. The maximum absolute atomic E-state index is 12.7. The summed E-state index contributed by atoms with van der Waals surface area (Å²) in [7, 11) is -1.64. The standard InChI is InChI=1S/C23H36O3Si/c1-15-12-17-18-6-7-21(25)22(18,2)10-9-19(17)23(14-26-27(3,4)5)11-8-16(24)13-20(15)23/h13,15,17-19H,6-12,14H2,1-5H3/t15?,17-,18-,19+,22-,23-/m0/s1. The predicted molar refractivity (Wildman–Crippen MR) is 110 cm³/mol. The van der Waals surface area contributed by atoms with E-state index in [-0.39, 0.29) is 10.8 Å². The number of Topliss-reactive ketones (excluding diaryl/α,β-unsaturated/α-hetero) is 1. The van der Waals surface area contributed by atoms with Crippen LogP contribution in [0.15, 0.2) is 11.6 Å². The van der Waals surface area contributed by atoms with Gasteiger partial charge in [0.1, 0.15) is 5.78 Å². The summed E-state index contributed by atoms with van der Waals surface area (Å²) in [5.41, 5.74) is 1.32. The number of hydrogen-bond acceptors (Lipinski definition) is 3. The molecular weight excluding hydrogens is 352 g/mol. The molecule has 0 amide bonds. The summed E-state index contributed by atoms with van der Waals surface area (Å²) in [6.07, 6.45) is 8.75. The molecule has 3 fully saturated rings. The average Bonchev–Trinajstić information content (AvgIpc) is 2.89. The number of rotatable bonds is 3. The minimum atomic E-state index is -1.64. The Morgan fingerprint density at radius 2 is 1.85 bits per heavy atom. The first-order valence-corrected chi connectivity index (χ1v) is 14.4. The molecule has 0 aliphatic heterocycles. The van der Waals surface area contributed by atoms with Crippen LogP contribution in [0.2, 0.25) is 19.6 Å². The molecule has 1 unspecified atom stereocenters. The quantitative estimate of drug-likeness (QED) is 0.627. The summed E-state index contributed by atoms with van der Waals surface area (Å²) >= 11 is 0. The fourth-order valence-electron chi connectivity index (χ4n) is 7.13.